The van der Waals surface area contributed by atoms with Gasteiger partial charge in [-0.15, -0.1) is 0 Å². The number of nitrogens with one attached hydrogen (secondary N) is 1. The number of likely N-dealkylation sites (tertiary alicyclic amines) is 1. The van der Waals surface area contributed by atoms with E-state index in [4.69, 9.17) is 4.74 Å². The molecule has 4 nitrogen and oxygen atoms in total. The quantitative estimate of drug-likeness (QED) is 0.678. The zero-order valence-corrected chi connectivity index (χ0v) is 8.50. The van der Waals surface area contributed by atoms with Gasteiger partial charge < -0.3 is 15.0 Å². The molecule has 2 saturated heterocycles. The van der Waals surface area contributed by atoms with Gasteiger partial charge in [0.05, 0.1) is 19.1 Å². The van der Waals surface area contributed by atoms with Crippen LogP contribution in [0.5, 0.6) is 0 Å². The van der Waals surface area contributed by atoms with Crippen LogP contribution in [0.4, 0.5) is 0 Å². The van der Waals surface area contributed by atoms with Crippen molar-refractivity contribution in [2.45, 2.75) is 25.4 Å². The Morgan fingerprint density at radius 2 is 2.21 bits per heavy atom. The Bertz CT molecular complexity index is 196. The summed E-state index contributed by atoms with van der Waals surface area (Å²) in [5.41, 5.74) is 0. The summed E-state index contributed by atoms with van der Waals surface area (Å²) in [5, 5.41) is 3.24. The number of ether oxygens (including phenoxy) is 1. The van der Waals surface area contributed by atoms with Crippen LogP contribution in [0.15, 0.2) is 0 Å². The van der Waals surface area contributed by atoms with E-state index in [0.717, 1.165) is 45.6 Å². The zero-order valence-electron chi connectivity index (χ0n) is 8.50. The topological polar surface area (TPSA) is 41.6 Å². The van der Waals surface area contributed by atoms with E-state index in [9.17, 15) is 4.79 Å². The predicted octanol–water partition coefficient (Wildman–Crippen LogP) is -0.0127. The molecule has 0 spiro atoms. The Balaban J connectivity index is 1.75. The van der Waals surface area contributed by atoms with Gasteiger partial charge in [0.1, 0.15) is 0 Å². The smallest absolute Gasteiger partial charge is 0.225 e. The van der Waals surface area contributed by atoms with Crippen molar-refractivity contribution in [3.63, 3.8) is 0 Å². The molecule has 1 atom stereocenters. The van der Waals surface area contributed by atoms with E-state index in [0.29, 0.717) is 6.42 Å². The van der Waals surface area contributed by atoms with Crippen LogP contribution >= 0.6 is 0 Å². The van der Waals surface area contributed by atoms with Crippen molar-refractivity contribution < 1.29 is 9.53 Å². The fraction of sp³-hybridized carbons (Fsp3) is 0.900. The third kappa shape index (κ3) is 2.45. The van der Waals surface area contributed by atoms with Gasteiger partial charge in [-0.1, -0.05) is 0 Å². The molecule has 0 radical (unpaired) electrons. The molecule has 1 N–H and O–H groups in total. The molecule has 2 fully saturated rings. The van der Waals surface area contributed by atoms with Crippen molar-refractivity contribution in [1.29, 1.82) is 0 Å². The highest BCUT2D eigenvalue weighted by molar-refractivity contribution is 5.77. The second-order valence-electron chi connectivity index (χ2n) is 3.99. The van der Waals surface area contributed by atoms with Crippen molar-refractivity contribution in [2.24, 2.45) is 0 Å². The summed E-state index contributed by atoms with van der Waals surface area (Å²) in [6, 6.07) is 0. The van der Waals surface area contributed by atoms with Crippen molar-refractivity contribution in [1.82, 2.24) is 10.2 Å². The number of rotatable bonds is 2. The molecule has 2 aliphatic heterocycles. The number of carbonyl (C=O) groups excluding carboxylic acids is 1. The van der Waals surface area contributed by atoms with E-state index in [1.807, 2.05) is 4.90 Å². The molecular formula is C10H18N2O2. The molecule has 0 aromatic carbocycles. The Morgan fingerprint density at radius 1 is 1.43 bits per heavy atom. The molecular weight excluding hydrogens is 180 g/mol. The molecule has 0 aromatic heterocycles. The van der Waals surface area contributed by atoms with Crippen LogP contribution in [0.2, 0.25) is 0 Å². The van der Waals surface area contributed by atoms with Crippen LogP contribution < -0.4 is 5.32 Å². The van der Waals surface area contributed by atoms with Gasteiger partial charge in [0.2, 0.25) is 5.91 Å². The first-order valence-corrected chi connectivity index (χ1v) is 5.46. The van der Waals surface area contributed by atoms with Gasteiger partial charge in [-0.25, -0.2) is 0 Å². The van der Waals surface area contributed by atoms with Crippen LogP contribution in [-0.2, 0) is 9.53 Å². The Kier molecular flexibility index (Phi) is 3.37. The van der Waals surface area contributed by atoms with Crippen molar-refractivity contribution in [3.05, 3.63) is 0 Å². The fourth-order valence-electron chi connectivity index (χ4n) is 2.04. The van der Waals surface area contributed by atoms with E-state index in [-0.39, 0.29) is 12.0 Å². The molecule has 1 amide bonds. The first-order valence-electron chi connectivity index (χ1n) is 5.46. The van der Waals surface area contributed by atoms with Crippen molar-refractivity contribution in [3.8, 4) is 0 Å². The monoisotopic (exact) mass is 198 g/mol. The van der Waals surface area contributed by atoms with Crippen LogP contribution in [0.3, 0.4) is 0 Å². The second kappa shape index (κ2) is 4.75. The van der Waals surface area contributed by atoms with E-state index in [1.54, 1.807) is 0 Å². The number of amides is 1. The number of hydrogen-bond donors (Lipinski definition) is 1. The van der Waals surface area contributed by atoms with E-state index < -0.39 is 0 Å². The van der Waals surface area contributed by atoms with Gasteiger partial charge in [0.25, 0.3) is 0 Å². The Labute approximate surface area is 84.6 Å². The average Bonchev–Trinajstić information content (AvgIpc) is 2.72. The molecule has 2 aliphatic rings. The lowest BCUT2D eigenvalue weighted by molar-refractivity contribution is -0.133. The van der Waals surface area contributed by atoms with Crippen molar-refractivity contribution in [2.75, 3.05) is 32.8 Å². The molecule has 0 aromatic rings. The van der Waals surface area contributed by atoms with Gasteiger partial charge in [-0.2, -0.15) is 0 Å². The predicted molar refractivity (Wildman–Crippen MR) is 53.0 cm³/mol. The SMILES string of the molecule is O=C(CC1CNCCO1)N1CCCC1. The molecule has 80 valence electrons. The summed E-state index contributed by atoms with van der Waals surface area (Å²) >= 11 is 0. The molecule has 0 saturated carbocycles. The van der Waals surface area contributed by atoms with E-state index >= 15 is 0 Å². The second-order valence-corrected chi connectivity index (χ2v) is 3.99. The maximum atomic E-state index is 11.7. The lowest BCUT2D eigenvalue weighted by Crippen LogP contribution is -2.42. The highest BCUT2D eigenvalue weighted by Crippen LogP contribution is 2.11. The average molecular weight is 198 g/mol. The molecule has 2 rings (SSSR count). The molecule has 4 heteroatoms. The number of morpholine rings is 1. The van der Waals surface area contributed by atoms with Gasteiger partial charge in [-0.05, 0) is 12.8 Å². The summed E-state index contributed by atoms with van der Waals surface area (Å²) in [6.45, 7) is 4.35. The fourth-order valence-corrected chi connectivity index (χ4v) is 2.04. The lowest BCUT2D eigenvalue weighted by Gasteiger charge is -2.25. The summed E-state index contributed by atoms with van der Waals surface area (Å²) in [5.74, 6) is 0.260. The third-order valence-corrected chi connectivity index (χ3v) is 2.87. The summed E-state index contributed by atoms with van der Waals surface area (Å²) in [6.07, 6.45) is 2.97. The van der Waals surface area contributed by atoms with Crippen LogP contribution in [0.1, 0.15) is 19.3 Å². The van der Waals surface area contributed by atoms with E-state index in [2.05, 4.69) is 5.32 Å². The summed E-state index contributed by atoms with van der Waals surface area (Å²) in [4.78, 5) is 13.7. The highest BCUT2D eigenvalue weighted by Gasteiger charge is 2.23. The lowest BCUT2D eigenvalue weighted by atomic mass is 10.2. The highest BCUT2D eigenvalue weighted by atomic mass is 16.5. The maximum absolute atomic E-state index is 11.7. The largest absolute Gasteiger partial charge is 0.375 e. The Hall–Kier alpha value is -0.610. The molecule has 14 heavy (non-hydrogen) atoms. The minimum absolute atomic E-state index is 0.0943. The maximum Gasteiger partial charge on any atom is 0.225 e. The summed E-state index contributed by atoms with van der Waals surface area (Å²) < 4.78 is 5.50. The van der Waals surface area contributed by atoms with Crippen LogP contribution in [0, 0.1) is 0 Å². The molecule has 1 unspecified atom stereocenters. The molecule has 2 heterocycles. The van der Waals surface area contributed by atoms with E-state index in [1.165, 1.54) is 0 Å². The van der Waals surface area contributed by atoms with Crippen LogP contribution in [0.25, 0.3) is 0 Å². The third-order valence-electron chi connectivity index (χ3n) is 2.87. The normalized spacial score (nSPS) is 28.0. The number of nitrogens with zero attached hydrogens (tertiary/aromatic N) is 1. The molecule has 0 aliphatic carbocycles. The van der Waals surface area contributed by atoms with Crippen molar-refractivity contribution >= 4 is 5.91 Å². The van der Waals surface area contributed by atoms with Gasteiger partial charge in [0, 0.05) is 26.2 Å². The number of hydrogen-bond acceptors (Lipinski definition) is 3. The minimum atomic E-state index is 0.0943. The Morgan fingerprint density at radius 3 is 2.86 bits per heavy atom. The first kappa shape index (κ1) is 9.93. The van der Waals surface area contributed by atoms with Crippen LogP contribution in [-0.4, -0.2) is 49.7 Å². The standard InChI is InChI=1S/C10H18N2O2/c13-10(12-4-1-2-5-12)7-9-8-11-3-6-14-9/h9,11H,1-8H2. The van der Waals surface area contributed by atoms with Gasteiger partial charge in [-0.3, -0.25) is 4.79 Å². The molecule has 0 bridgehead atoms. The zero-order chi connectivity index (χ0) is 9.80. The summed E-state index contributed by atoms with van der Waals surface area (Å²) in [7, 11) is 0. The first-order chi connectivity index (χ1) is 6.86. The number of carbonyl (C=O) groups is 1. The minimum Gasteiger partial charge on any atom is -0.375 e. The van der Waals surface area contributed by atoms with Gasteiger partial charge in [0.15, 0.2) is 0 Å². The van der Waals surface area contributed by atoms with Gasteiger partial charge >= 0.3 is 0 Å².